The number of hydroxylamine groups is 1. The molecule has 2 aromatic carbocycles. The standard InChI is InChI=1S/C31H32FN7O4/c1-3-30(40)38-12-8-20(9-13-38)36-27-17-23-26(18-28(27)41-2)34-19-35-31(23)37-25-6-5-21(15-24(25)32)43-22-7-10-33-29(16-22)39-11-4-14-42-39/h3,5-7,10,15-20,36H,1,4,8-9,11-14H2,2H3,(H,34,35,37). The van der Waals surface area contributed by atoms with Gasteiger partial charge in [-0.05, 0) is 49.6 Å². The number of ether oxygens (including phenoxy) is 2. The highest BCUT2D eigenvalue weighted by molar-refractivity contribution is 5.95. The maximum atomic E-state index is 15.3. The zero-order chi connectivity index (χ0) is 29.8. The fourth-order valence-corrected chi connectivity index (χ4v) is 5.21. The van der Waals surface area contributed by atoms with Gasteiger partial charge in [-0.3, -0.25) is 9.63 Å². The minimum atomic E-state index is -0.505. The van der Waals surface area contributed by atoms with E-state index in [0.29, 0.717) is 59.5 Å². The van der Waals surface area contributed by atoms with Crippen LogP contribution in [0.1, 0.15) is 19.3 Å². The highest BCUT2D eigenvalue weighted by atomic mass is 19.1. The smallest absolute Gasteiger partial charge is 0.245 e. The van der Waals surface area contributed by atoms with Crippen LogP contribution in [0, 0.1) is 5.82 Å². The molecule has 2 fully saturated rings. The summed E-state index contributed by atoms with van der Waals surface area (Å²) >= 11 is 0. The molecule has 2 aromatic heterocycles. The van der Waals surface area contributed by atoms with Gasteiger partial charge in [-0.15, -0.1) is 0 Å². The van der Waals surface area contributed by atoms with Gasteiger partial charge in [0.15, 0.2) is 5.82 Å². The summed E-state index contributed by atoms with van der Waals surface area (Å²) in [6.07, 6.45) is 6.89. The number of likely N-dealkylation sites (tertiary alicyclic amines) is 1. The molecular weight excluding hydrogens is 553 g/mol. The molecule has 6 rings (SSSR count). The van der Waals surface area contributed by atoms with E-state index in [9.17, 15) is 4.79 Å². The Morgan fingerprint density at radius 1 is 1.07 bits per heavy atom. The molecule has 4 heterocycles. The number of pyridine rings is 1. The molecule has 11 nitrogen and oxygen atoms in total. The second kappa shape index (κ2) is 12.5. The molecule has 0 unspecified atom stereocenters. The highest BCUT2D eigenvalue weighted by Crippen LogP contribution is 2.35. The second-order valence-corrected chi connectivity index (χ2v) is 10.2. The van der Waals surface area contributed by atoms with E-state index in [2.05, 4.69) is 32.2 Å². The van der Waals surface area contributed by atoms with E-state index in [1.54, 1.807) is 47.5 Å². The van der Waals surface area contributed by atoms with Crippen molar-refractivity contribution in [3.05, 3.63) is 73.5 Å². The van der Waals surface area contributed by atoms with Gasteiger partial charge < -0.3 is 25.0 Å². The molecule has 4 aromatic rings. The molecule has 2 aliphatic rings. The molecule has 2 N–H and O–H groups in total. The van der Waals surface area contributed by atoms with E-state index in [4.69, 9.17) is 14.3 Å². The van der Waals surface area contributed by atoms with E-state index in [-0.39, 0.29) is 17.6 Å². The Labute approximate surface area is 248 Å². The Kier molecular flexibility index (Phi) is 8.18. The van der Waals surface area contributed by atoms with Gasteiger partial charge in [-0.2, -0.15) is 0 Å². The van der Waals surface area contributed by atoms with E-state index in [1.807, 2.05) is 12.1 Å². The van der Waals surface area contributed by atoms with Gasteiger partial charge in [-0.1, -0.05) is 6.58 Å². The number of aromatic nitrogens is 3. The molecule has 0 radical (unpaired) electrons. The molecule has 0 spiro atoms. The monoisotopic (exact) mass is 585 g/mol. The van der Waals surface area contributed by atoms with Crippen molar-refractivity contribution in [3.63, 3.8) is 0 Å². The maximum Gasteiger partial charge on any atom is 0.245 e. The average Bonchev–Trinajstić information content (AvgIpc) is 3.58. The van der Waals surface area contributed by atoms with Crippen LogP contribution in [0.15, 0.2) is 67.6 Å². The lowest BCUT2D eigenvalue weighted by Crippen LogP contribution is -2.41. The summed E-state index contributed by atoms with van der Waals surface area (Å²) in [6, 6.07) is 11.9. The molecule has 0 aliphatic carbocycles. The average molecular weight is 586 g/mol. The maximum absolute atomic E-state index is 15.3. The molecular formula is C31H32FN7O4. The number of hydrogen-bond acceptors (Lipinski definition) is 10. The number of nitrogens with one attached hydrogen (secondary N) is 2. The molecule has 1 amide bonds. The largest absolute Gasteiger partial charge is 0.495 e. The van der Waals surface area contributed by atoms with Gasteiger partial charge in [0.1, 0.15) is 35.2 Å². The number of methoxy groups -OCH3 is 1. The van der Waals surface area contributed by atoms with Crippen molar-refractivity contribution in [2.45, 2.75) is 25.3 Å². The summed E-state index contributed by atoms with van der Waals surface area (Å²) < 4.78 is 26.8. The Morgan fingerprint density at radius 2 is 1.91 bits per heavy atom. The minimum Gasteiger partial charge on any atom is -0.495 e. The van der Waals surface area contributed by atoms with E-state index < -0.39 is 5.82 Å². The zero-order valence-corrected chi connectivity index (χ0v) is 23.8. The molecule has 12 heteroatoms. The van der Waals surface area contributed by atoms with Crippen LogP contribution in [-0.4, -0.2) is 65.2 Å². The van der Waals surface area contributed by atoms with E-state index >= 15 is 4.39 Å². The first kappa shape index (κ1) is 28.2. The predicted octanol–water partition coefficient (Wildman–Crippen LogP) is 5.44. The number of fused-ring (bicyclic) bond motifs is 1. The topological polar surface area (TPSA) is 114 Å². The van der Waals surface area contributed by atoms with Crippen molar-refractivity contribution >= 4 is 39.8 Å². The molecule has 222 valence electrons. The Balaban J connectivity index is 1.19. The van der Waals surface area contributed by atoms with Gasteiger partial charge in [0.25, 0.3) is 0 Å². The van der Waals surface area contributed by atoms with Crippen LogP contribution in [0.4, 0.5) is 27.4 Å². The van der Waals surface area contributed by atoms with Crippen LogP contribution in [0.2, 0.25) is 0 Å². The van der Waals surface area contributed by atoms with Crippen LogP contribution < -0.4 is 25.2 Å². The summed E-state index contributed by atoms with van der Waals surface area (Å²) in [5, 5.41) is 9.07. The van der Waals surface area contributed by atoms with E-state index in [0.717, 1.165) is 31.5 Å². The number of piperidine rings is 1. The molecule has 0 saturated carbocycles. The molecule has 0 atom stereocenters. The van der Waals surface area contributed by atoms with Gasteiger partial charge in [0, 0.05) is 55.5 Å². The summed E-state index contributed by atoms with van der Waals surface area (Å²) in [6.45, 7) is 6.26. The number of nitrogens with zero attached hydrogens (tertiary/aromatic N) is 5. The number of halogens is 1. The SMILES string of the molecule is C=CC(=O)N1CCC(Nc2cc3c(Nc4ccc(Oc5ccnc(N6CCCO6)c5)cc4F)ncnc3cc2OC)CC1. The van der Waals surface area contributed by atoms with Gasteiger partial charge >= 0.3 is 0 Å². The Morgan fingerprint density at radius 3 is 2.65 bits per heavy atom. The summed E-state index contributed by atoms with van der Waals surface area (Å²) in [5.41, 5.74) is 1.64. The lowest BCUT2D eigenvalue weighted by atomic mass is 10.0. The van der Waals surface area contributed by atoms with E-state index in [1.165, 1.54) is 18.5 Å². The molecule has 43 heavy (non-hydrogen) atoms. The number of anilines is 4. The zero-order valence-electron chi connectivity index (χ0n) is 23.8. The fraction of sp³-hybridized carbons (Fsp3) is 0.290. The summed E-state index contributed by atoms with van der Waals surface area (Å²) in [4.78, 5) is 32.4. The lowest BCUT2D eigenvalue weighted by Gasteiger charge is -2.32. The second-order valence-electron chi connectivity index (χ2n) is 10.2. The number of carbonyl (C=O) groups excluding carboxylic acids is 1. The quantitative estimate of drug-likeness (QED) is 0.246. The number of benzene rings is 2. The highest BCUT2D eigenvalue weighted by Gasteiger charge is 2.23. The third kappa shape index (κ3) is 6.28. The van der Waals surface area contributed by atoms with Crippen molar-refractivity contribution in [3.8, 4) is 17.2 Å². The molecule has 0 bridgehead atoms. The van der Waals surface area contributed by atoms with Crippen molar-refractivity contribution < 1.29 is 23.5 Å². The van der Waals surface area contributed by atoms with Crippen molar-refractivity contribution in [2.75, 3.05) is 49.0 Å². The van der Waals surface area contributed by atoms with Crippen molar-refractivity contribution in [1.82, 2.24) is 19.9 Å². The normalized spacial score (nSPS) is 15.4. The van der Waals surface area contributed by atoms with Crippen molar-refractivity contribution in [1.29, 1.82) is 0 Å². The third-order valence-electron chi connectivity index (χ3n) is 7.45. The minimum absolute atomic E-state index is 0.0550. The summed E-state index contributed by atoms with van der Waals surface area (Å²) in [7, 11) is 1.60. The third-order valence-corrected chi connectivity index (χ3v) is 7.45. The lowest BCUT2D eigenvalue weighted by molar-refractivity contribution is -0.126. The number of amides is 1. The van der Waals surface area contributed by atoms with Gasteiger partial charge in [-0.25, -0.2) is 24.4 Å². The van der Waals surface area contributed by atoms with Crippen LogP contribution in [0.5, 0.6) is 17.2 Å². The Bertz CT molecular complexity index is 1640. The predicted molar refractivity (Wildman–Crippen MR) is 161 cm³/mol. The number of carbonyl (C=O) groups is 1. The first-order valence-corrected chi connectivity index (χ1v) is 14.1. The molecule has 2 saturated heterocycles. The number of hydrogen-bond donors (Lipinski definition) is 2. The van der Waals surface area contributed by atoms with Crippen molar-refractivity contribution in [2.24, 2.45) is 0 Å². The first-order chi connectivity index (χ1) is 21.0. The van der Waals surface area contributed by atoms with Gasteiger partial charge in [0.05, 0.1) is 30.6 Å². The Hall–Kier alpha value is -4.97. The van der Waals surface area contributed by atoms with Gasteiger partial charge in [0.2, 0.25) is 5.91 Å². The first-order valence-electron chi connectivity index (χ1n) is 14.1. The van der Waals surface area contributed by atoms with Crippen LogP contribution >= 0.6 is 0 Å². The van der Waals surface area contributed by atoms with Crippen LogP contribution in [-0.2, 0) is 9.63 Å². The summed E-state index contributed by atoms with van der Waals surface area (Å²) in [5.74, 6) is 2.02. The number of rotatable bonds is 9. The fourth-order valence-electron chi connectivity index (χ4n) is 5.21. The van der Waals surface area contributed by atoms with Crippen LogP contribution in [0.25, 0.3) is 10.9 Å². The molecule has 2 aliphatic heterocycles. The van der Waals surface area contributed by atoms with Crippen LogP contribution in [0.3, 0.4) is 0 Å².